The van der Waals surface area contributed by atoms with E-state index in [0.717, 1.165) is 10.1 Å². The normalized spacial score (nSPS) is 10.8. The van der Waals surface area contributed by atoms with Gasteiger partial charge in [0.25, 0.3) is 11.6 Å². The maximum Gasteiger partial charge on any atom is 0.332 e. The highest BCUT2D eigenvalue weighted by Crippen LogP contribution is 2.19. The first-order valence-electron chi connectivity index (χ1n) is 7.41. The summed E-state index contributed by atoms with van der Waals surface area (Å²) >= 11 is 0. The quantitative estimate of drug-likeness (QED) is 0.652. The molecule has 25 heavy (non-hydrogen) atoms. The van der Waals surface area contributed by atoms with Gasteiger partial charge in [0.15, 0.2) is 17.8 Å². The highest BCUT2D eigenvalue weighted by molar-refractivity contribution is 5.72. The number of aromatic nitrogens is 4. The van der Waals surface area contributed by atoms with Crippen molar-refractivity contribution in [3.05, 3.63) is 56.5 Å². The van der Waals surface area contributed by atoms with Crippen molar-refractivity contribution in [3.8, 4) is 18.4 Å². The number of halogens is 1. The Balaban J connectivity index is 2.26. The lowest BCUT2D eigenvalue weighted by Crippen LogP contribution is -2.37. The van der Waals surface area contributed by atoms with Gasteiger partial charge < -0.3 is 4.74 Å². The zero-order valence-electron chi connectivity index (χ0n) is 13.7. The Kier molecular flexibility index (Phi) is 4.15. The molecule has 0 N–H and O–H groups in total. The molecule has 2 aromatic heterocycles. The van der Waals surface area contributed by atoms with Crippen LogP contribution in [-0.4, -0.2) is 25.3 Å². The van der Waals surface area contributed by atoms with Crippen molar-refractivity contribution in [2.24, 2.45) is 14.1 Å². The molecule has 0 bridgehead atoms. The number of benzene rings is 1. The summed E-state index contributed by atoms with van der Waals surface area (Å²) in [7, 11) is 2.91. The Labute approximate surface area is 141 Å². The molecule has 0 saturated heterocycles. The molecule has 128 valence electrons. The van der Waals surface area contributed by atoms with Crippen LogP contribution in [0.25, 0.3) is 11.2 Å². The Morgan fingerprint density at radius 2 is 1.88 bits per heavy atom. The summed E-state index contributed by atoms with van der Waals surface area (Å²) in [6, 6.07) is 5.96. The first-order valence-corrected chi connectivity index (χ1v) is 7.41. The third-order valence-corrected chi connectivity index (χ3v) is 3.85. The van der Waals surface area contributed by atoms with Crippen molar-refractivity contribution in [1.29, 1.82) is 0 Å². The van der Waals surface area contributed by atoms with Crippen LogP contribution in [0.3, 0.4) is 0 Å². The van der Waals surface area contributed by atoms with E-state index in [-0.39, 0.29) is 36.1 Å². The second-order valence-corrected chi connectivity index (χ2v) is 5.48. The maximum atomic E-state index is 13.1. The number of fused-ring (bicyclic) bond motifs is 1. The van der Waals surface area contributed by atoms with Crippen LogP contribution in [0.15, 0.2) is 33.9 Å². The van der Waals surface area contributed by atoms with E-state index in [0.29, 0.717) is 0 Å². The average molecular weight is 342 g/mol. The van der Waals surface area contributed by atoms with Crippen LogP contribution in [0.2, 0.25) is 0 Å². The van der Waals surface area contributed by atoms with Gasteiger partial charge in [-0.15, -0.1) is 6.42 Å². The minimum absolute atomic E-state index is 0.0407. The van der Waals surface area contributed by atoms with Gasteiger partial charge in [-0.25, -0.2) is 9.18 Å². The minimum Gasteiger partial charge on any atom is -0.451 e. The lowest BCUT2D eigenvalue weighted by Gasteiger charge is -2.09. The highest BCUT2D eigenvalue weighted by atomic mass is 19.1. The molecule has 0 atom stereocenters. The fourth-order valence-corrected chi connectivity index (χ4v) is 2.56. The van der Waals surface area contributed by atoms with Crippen LogP contribution in [0.5, 0.6) is 6.01 Å². The molecule has 7 nitrogen and oxygen atoms in total. The van der Waals surface area contributed by atoms with Crippen molar-refractivity contribution in [2.45, 2.75) is 6.54 Å². The molecule has 1 aromatic carbocycles. The zero-order valence-corrected chi connectivity index (χ0v) is 13.7. The van der Waals surface area contributed by atoms with E-state index >= 15 is 0 Å². The number of ether oxygens (including phenoxy) is 1. The predicted molar refractivity (Wildman–Crippen MR) is 90.0 cm³/mol. The summed E-state index contributed by atoms with van der Waals surface area (Å²) in [6.45, 7) is 0.172. The van der Waals surface area contributed by atoms with E-state index in [9.17, 15) is 14.0 Å². The SMILES string of the molecule is C#CCOc1nc2c(c(=O)n(C)c(=O)n2C)n1Cc1ccc(F)cc1. The summed E-state index contributed by atoms with van der Waals surface area (Å²) < 4.78 is 22.3. The van der Waals surface area contributed by atoms with E-state index in [4.69, 9.17) is 11.2 Å². The lowest BCUT2D eigenvalue weighted by molar-refractivity contribution is 0.326. The Hall–Kier alpha value is -3.34. The molecule has 3 aromatic rings. The van der Waals surface area contributed by atoms with Crippen molar-refractivity contribution in [2.75, 3.05) is 6.61 Å². The summed E-state index contributed by atoms with van der Waals surface area (Å²) in [4.78, 5) is 28.9. The monoisotopic (exact) mass is 342 g/mol. The molecule has 0 spiro atoms. The number of terminal acetylenes is 1. The second kappa shape index (κ2) is 6.28. The first-order chi connectivity index (χ1) is 11.9. The molecule has 0 saturated carbocycles. The van der Waals surface area contributed by atoms with Crippen molar-refractivity contribution in [3.63, 3.8) is 0 Å². The van der Waals surface area contributed by atoms with Crippen LogP contribution >= 0.6 is 0 Å². The van der Waals surface area contributed by atoms with E-state index in [1.807, 2.05) is 0 Å². The highest BCUT2D eigenvalue weighted by Gasteiger charge is 2.20. The predicted octanol–water partition coefficient (Wildman–Crippen LogP) is 0.633. The number of nitrogens with zero attached hydrogens (tertiary/aromatic N) is 4. The van der Waals surface area contributed by atoms with Crippen molar-refractivity contribution in [1.82, 2.24) is 18.7 Å². The standard InChI is InChI=1S/C17H15FN4O3/c1-4-9-25-16-19-14-13(15(23)21(3)17(24)20(14)2)22(16)10-11-5-7-12(18)8-6-11/h1,5-8H,9-10H2,2-3H3. The number of imidazole rings is 1. The van der Waals surface area contributed by atoms with Gasteiger partial charge in [0.05, 0.1) is 6.54 Å². The van der Waals surface area contributed by atoms with Crippen LogP contribution in [0.1, 0.15) is 5.56 Å². The van der Waals surface area contributed by atoms with E-state index < -0.39 is 11.2 Å². The van der Waals surface area contributed by atoms with Gasteiger partial charge in [-0.1, -0.05) is 18.1 Å². The largest absolute Gasteiger partial charge is 0.451 e. The molecular formula is C17H15FN4O3. The lowest BCUT2D eigenvalue weighted by atomic mass is 10.2. The molecular weight excluding hydrogens is 327 g/mol. The number of rotatable bonds is 4. The summed E-state index contributed by atoms with van der Waals surface area (Å²) in [5.41, 5.74) is 0.154. The molecule has 0 amide bonds. The maximum absolute atomic E-state index is 13.1. The third kappa shape index (κ3) is 2.80. The smallest absolute Gasteiger partial charge is 0.332 e. The Morgan fingerprint density at radius 1 is 1.20 bits per heavy atom. The van der Waals surface area contributed by atoms with E-state index in [1.54, 1.807) is 12.1 Å². The Morgan fingerprint density at radius 3 is 2.52 bits per heavy atom. The number of hydrogen-bond donors (Lipinski definition) is 0. The van der Waals surface area contributed by atoms with Gasteiger partial charge in [0.1, 0.15) is 5.82 Å². The topological polar surface area (TPSA) is 71.1 Å². The van der Waals surface area contributed by atoms with Crippen LogP contribution < -0.4 is 16.0 Å². The molecule has 0 unspecified atom stereocenters. The first kappa shape index (κ1) is 16.5. The van der Waals surface area contributed by atoms with Gasteiger partial charge in [-0.05, 0) is 17.7 Å². The van der Waals surface area contributed by atoms with Crippen LogP contribution in [0, 0.1) is 18.2 Å². The summed E-state index contributed by atoms with van der Waals surface area (Å²) in [5, 5.41) is 0. The molecule has 0 fully saturated rings. The van der Waals surface area contributed by atoms with E-state index in [2.05, 4.69) is 10.9 Å². The average Bonchev–Trinajstić information content (AvgIpc) is 2.96. The number of hydrogen-bond acceptors (Lipinski definition) is 4. The van der Waals surface area contributed by atoms with Gasteiger partial charge >= 0.3 is 5.69 Å². The van der Waals surface area contributed by atoms with Crippen LogP contribution in [-0.2, 0) is 20.6 Å². The fourth-order valence-electron chi connectivity index (χ4n) is 2.56. The number of aryl methyl sites for hydroxylation is 1. The van der Waals surface area contributed by atoms with Crippen molar-refractivity contribution >= 4 is 11.2 Å². The summed E-state index contributed by atoms with van der Waals surface area (Å²) in [5.74, 6) is 1.97. The summed E-state index contributed by atoms with van der Waals surface area (Å²) in [6.07, 6.45) is 5.22. The van der Waals surface area contributed by atoms with Gasteiger partial charge in [-0.2, -0.15) is 4.98 Å². The van der Waals surface area contributed by atoms with Gasteiger partial charge in [-0.3, -0.25) is 18.5 Å². The molecule has 0 radical (unpaired) electrons. The molecule has 0 aliphatic rings. The minimum atomic E-state index is -0.497. The van der Waals surface area contributed by atoms with E-state index in [1.165, 1.54) is 35.4 Å². The molecule has 0 aliphatic carbocycles. The molecule has 0 aliphatic heterocycles. The second-order valence-electron chi connectivity index (χ2n) is 5.48. The third-order valence-electron chi connectivity index (χ3n) is 3.85. The fraction of sp³-hybridized carbons (Fsp3) is 0.235. The molecule has 2 heterocycles. The van der Waals surface area contributed by atoms with Crippen molar-refractivity contribution < 1.29 is 9.13 Å². The zero-order chi connectivity index (χ0) is 18.1. The molecule has 3 rings (SSSR count). The van der Waals surface area contributed by atoms with Crippen LogP contribution in [0.4, 0.5) is 4.39 Å². The van der Waals surface area contributed by atoms with Gasteiger partial charge in [0.2, 0.25) is 0 Å². The molecule has 8 heteroatoms. The Bertz CT molecular complexity index is 1100. The van der Waals surface area contributed by atoms with Gasteiger partial charge in [0, 0.05) is 14.1 Å².